The molecule has 0 radical (unpaired) electrons. The summed E-state index contributed by atoms with van der Waals surface area (Å²) in [5, 5.41) is 0. The van der Waals surface area contributed by atoms with Crippen LogP contribution in [0.1, 0.15) is 39.5 Å². The fourth-order valence-corrected chi connectivity index (χ4v) is 4.42. The van der Waals surface area contributed by atoms with Gasteiger partial charge in [-0.3, -0.25) is 9.80 Å². The molecule has 3 fully saturated rings. The average Bonchev–Trinajstić information content (AvgIpc) is 2.49. The summed E-state index contributed by atoms with van der Waals surface area (Å²) in [6.07, 6.45) is 5.77. The predicted molar refractivity (Wildman–Crippen MR) is 98.0 cm³/mol. The number of likely N-dealkylation sites (N-methyl/N-ethyl adjacent to an activating group) is 1. The van der Waals surface area contributed by atoms with Crippen LogP contribution >= 0.6 is 0 Å². The van der Waals surface area contributed by atoms with Gasteiger partial charge >= 0.3 is 0 Å². The molecule has 0 aliphatic carbocycles. The monoisotopic (exact) mass is 322 g/mol. The average molecular weight is 323 g/mol. The molecule has 0 atom stereocenters. The molecular weight excluding hydrogens is 284 g/mol. The van der Waals surface area contributed by atoms with Gasteiger partial charge in [0.05, 0.1) is 0 Å². The standard InChI is InChI=1S/C19H38N4/c1-17(2)23-15-19(16-23)22-9-6-18(7-10-22)5-4-8-21-13-11-20(3)12-14-21/h17-19H,4-16H2,1-3H3. The molecule has 3 saturated heterocycles. The Morgan fingerprint density at radius 2 is 1.57 bits per heavy atom. The molecule has 3 aliphatic heterocycles. The molecule has 23 heavy (non-hydrogen) atoms. The summed E-state index contributed by atoms with van der Waals surface area (Å²) < 4.78 is 0. The van der Waals surface area contributed by atoms with E-state index in [-0.39, 0.29) is 0 Å². The molecule has 0 spiro atoms. The van der Waals surface area contributed by atoms with E-state index in [1.165, 1.54) is 84.6 Å². The van der Waals surface area contributed by atoms with Crippen LogP contribution in [-0.4, -0.2) is 97.6 Å². The molecule has 0 unspecified atom stereocenters. The van der Waals surface area contributed by atoms with Crippen molar-refractivity contribution in [3.05, 3.63) is 0 Å². The van der Waals surface area contributed by atoms with Crippen LogP contribution in [0.2, 0.25) is 0 Å². The van der Waals surface area contributed by atoms with E-state index in [1.54, 1.807) is 0 Å². The van der Waals surface area contributed by atoms with E-state index in [0.29, 0.717) is 0 Å². The van der Waals surface area contributed by atoms with E-state index in [1.807, 2.05) is 0 Å². The molecule has 0 saturated carbocycles. The lowest BCUT2D eigenvalue weighted by atomic mass is 9.90. The van der Waals surface area contributed by atoms with Gasteiger partial charge in [-0.25, -0.2) is 0 Å². The fraction of sp³-hybridized carbons (Fsp3) is 1.00. The number of piperidine rings is 1. The maximum Gasteiger partial charge on any atom is 0.0350 e. The van der Waals surface area contributed by atoms with Crippen LogP contribution in [0, 0.1) is 5.92 Å². The maximum absolute atomic E-state index is 2.77. The second kappa shape index (κ2) is 8.28. The van der Waals surface area contributed by atoms with Crippen molar-refractivity contribution in [2.24, 2.45) is 5.92 Å². The molecule has 4 nitrogen and oxygen atoms in total. The summed E-state index contributed by atoms with van der Waals surface area (Å²) >= 11 is 0. The number of nitrogens with zero attached hydrogens (tertiary/aromatic N) is 4. The van der Waals surface area contributed by atoms with Crippen molar-refractivity contribution in [1.29, 1.82) is 0 Å². The third-order valence-electron chi connectivity index (χ3n) is 6.47. The van der Waals surface area contributed by atoms with Crippen LogP contribution in [0.5, 0.6) is 0 Å². The van der Waals surface area contributed by atoms with Crippen LogP contribution < -0.4 is 0 Å². The number of hydrogen-bond donors (Lipinski definition) is 0. The second-order valence-corrected chi connectivity index (χ2v) is 8.47. The lowest BCUT2D eigenvalue weighted by molar-refractivity contribution is -0.00289. The summed E-state index contributed by atoms with van der Waals surface area (Å²) in [6, 6.07) is 1.60. The van der Waals surface area contributed by atoms with Crippen molar-refractivity contribution < 1.29 is 0 Å². The van der Waals surface area contributed by atoms with E-state index in [0.717, 1.165) is 18.0 Å². The minimum atomic E-state index is 0.735. The molecule has 0 N–H and O–H groups in total. The van der Waals surface area contributed by atoms with Gasteiger partial charge in [0.1, 0.15) is 0 Å². The molecule has 3 rings (SSSR count). The predicted octanol–water partition coefficient (Wildman–Crippen LogP) is 1.82. The van der Waals surface area contributed by atoms with Crippen molar-refractivity contribution in [3.8, 4) is 0 Å². The van der Waals surface area contributed by atoms with Crippen LogP contribution in [0.3, 0.4) is 0 Å². The highest BCUT2D eigenvalue weighted by Gasteiger charge is 2.34. The third kappa shape index (κ3) is 4.91. The zero-order chi connectivity index (χ0) is 16.2. The van der Waals surface area contributed by atoms with E-state index >= 15 is 0 Å². The van der Waals surface area contributed by atoms with Gasteiger partial charge in [-0.05, 0) is 72.1 Å². The summed E-state index contributed by atoms with van der Waals surface area (Å²) in [6.45, 7) is 16.4. The smallest absolute Gasteiger partial charge is 0.0350 e. The first-order valence-electron chi connectivity index (χ1n) is 10.0. The quantitative estimate of drug-likeness (QED) is 0.739. The van der Waals surface area contributed by atoms with Crippen molar-refractivity contribution in [2.45, 2.75) is 51.6 Å². The van der Waals surface area contributed by atoms with Gasteiger partial charge in [-0.2, -0.15) is 0 Å². The molecule has 0 bridgehead atoms. The van der Waals surface area contributed by atoms with Gasteiger partial charge in [0.25, 0.3) is 0 Å². The van der Waals surface area contributed by atoms with Gasteiger partial charge in [0, 0.05) is 51.4 Å². The van der Waals surface area contributed by atoms with E-state index < -0.39 is 0 Å². The first-order chi connectivity index (χ1) is 11.1. The number of rotatable bonds is 6. The number of piperazine rings is 1. The highest BCUT2D eigenvalue weighted by molar-refractivity contribution is 4.91. The largest absolute Gasteiger partial charge is 0.304 e. The molecule has 3 heterocycles. The fourth-order valence-electron chi connectivity index (χ4n) is 4.42. The maximum atomic E-state index is 2.77. The summed E-state index contributed by atoms with van der Waals surface area (Å²) in [7, 11) is 2.24. The van der Waals surface area contributed by atoms with Crippen molar-refractivity contribution in [1.82, 2.24) is 19.6 Å². The van der Waals surface area contributed by atoms with E-state index in [9.17, 15) is 0 Å². The van der Waals surface area contributed by atoms with Crippen molar-refractivity contribution >= 4 is 0 Å². The van der Waals surface area contributed by atoms with E-state index in [2.05, 4.69) is 40.5 Å². The Labute approximate surface area is 143 Å². The van der Waals surface area contributed by atoms with Crippen LogP contribution in [0.25, 0.3) is 0 Å². The summed E-state index contributed by atoms with van der Waals surface area (Å²) in [4.78, 5) is 10.5. The highest BCUT2D eigenvalue weighted by Crippen LogP contribution is 2.26. The Morgan fingerprint density at radius 1 is 0.913 bits per heavy atom. The molecule has 0 aromatic carbocycles. The molecule has 134 valence electrons. The molecule has 3 aliphatic rings. The zero-order valence-electron chi connectivity index (χ0n) is 15.7. The third-order valence-corrected chi connectivity index (χ3v) is 6.47. The lowest BCUT2D eigenvalue weighted by Gasteiger charge is -2.49. The molecule has 0 amide bonds. The Morgan fingerprint density at radius 3 is 2.17 bits per heavy atom. The van der Waals surface area contributed by atoms with E-state index in [4.69, 9.17) is 0 Å². The van der Waals surface area contributed by atoms with Crippen LogP contribution in [0.15, 0.2) is 0 Å². The van der Waals surface area contributed by atoms with Gasteiger partial charge in [-0.1, -0.05) is 0 Å². The molecular formula is C19H38N4. The Bertz CT molecular complexity index is 337. The number of likely N-dealkylation sites (tertiary alicyclic amines) is 2. The molecule has 0 aromatic heterocycles. The minimum Gasteiger partial charge on any atom is -0.304 e. The lowest BCUT2D eigenvalue weighted by Crippen LogP contribution is -2.62. The molecule has 4 heteroatoms. The minimum absolute atomic E-state index is 0.735. The zero-order valence-corrected chi connectivity index (χ0v) is 15.7. The van der Waals surface area contributed by atoms with Gasteiger partial charge < -0.3 is 9.80 Å². The topological polar surface area (TPSA) is 13.0 Å². The molecule has 0 aromatic rings. The number of hydrogen-bond acceptors (Lipinski definition) is 4. The van der Waals surface area contributed by atoms with Crippen LogP contribution in [0.4, 0.5) is 0 Å². The highest BCUT2D eigenvalue weighted by atomic mass is 15.3. The van der Waals surface area contributed by atoms with Crippen molar-refractivity contribution in [3.63, 3.8) is 0 Å². The Hall–Kier alpha value is -0.160. The Balaban J connectivity index is 1.25. The summed E-state index contributed by atoms with van der Waals surface area (Å²) in [5.74, 6) is 1.000. The first-order valence-corrected chi connectivity index (χ1v) is 10.0. The van der Waals surface area contributed by atoms with Crippen LogP contribution in [-0.2, 0) is 0 Å². The normalized spacial score (nSPS) is 27.7. The summed E-state index contributed by atoms with van der Waals surface area (Å²) in [5.41, 5.74) is 0. The Kier molecular flexibility index (Phi) is 6.36. The van der Waals surface area contributed by atoms with Gasteiger partial charge in [0.15, 0.2) is 0 Å². The second-order valence-electron chi connectivity index (χ2n) is 8.47. The van der Waals surface area contributed by atoms with Gasteiger partial charge in [-0.15, -0.1) is 0 Å². The van der Waals surface area contributed by atoms with Crippen molar-refractivity contribution in [2.75, 3.05) is 66.0 Å². The first kappa shape index (κ1) is 17.7. The van der Waals surface area contributed by atoms with Gasteiger partial charge in [0.2, 0.25) is 0 Å². The SMILES string of the molecule is CC(C)N1CC(N2CCC(CCCN3CCN(C)CC3)CC2)C1.